The van der Waals surface area contributed by atoms with Gasteiger partial charge in [-0.05, 0) is 29.1 Å². The van der Waals surface area contributed by atoms with Gasteiger partial charge in [-0.15, -0.1) is 0 Å². The number of nitrogens with zero attached hydrogens (tertiary/aromatic N) is 1. The monoisotopic (exact) mass is 311 g/mol. The van der Waals surface area contributed by atoms with Crippen LogP contribution in [0.25, 0.3) is 0 Å². The molecule has 2 rings (SSSR count). The van der Waals surface area contributed by atoms with Crippen molar-refractivity contribution in [1.82, 2.24) is 4.90 Å². The summed E-state index contributed by atoms with van der Waals surface area (Å²) in [4.78, 5) is 13.3. The minimum atomic E-state index is -1.86. The zero-order valence-electron chi connectivity index (χ0n) is 14.2. The smallest absolute Gasteiger partial charge is 0.414 e. The summed E-state index contributed by atoms with van der Waals surface area (Å²) in [6.45, 7) is 14.9. The molecule has 0 radical (unpaired) electrons. The van der Waals surface area contributed by atoms with Crippen molar-refractivity contribution < 1.29 is 14.0 Å². The van der Waals surface area contributed by atoms with Crippen LogP contribution in [0.3, 0.4) is 0 Å². The van der Waals surface area contributed by atoms with Crippen molar-refractivity contribution in [1.29, 1.82) is 0 Å². The lowest BCUT2D eigenvalue weighted by Crippen LogP contribution is -2.51. The van der Waals surface area contributed by atoms with E-state index in [1.165, 1.54) is 0 Å². The Kier molecular flexibility index (Phi) is 4.83. The lowest BCUT2D eigenvalue weighted by molar-refractivity contribution is 0.148. The van der Waals surface area contributed by atoms with Crippen LogP contribution in [0, 0.1) is 0 Å². The molecule has 1 atom stereocenters. The molecule has 0 aromatic heterocycles. The van der Waals surface area contributed by atoms with Gasteiger partial charge in [-0.1, -0.05) is 41.5 Å². The third-order valence-corrected chi connectivity index (χ3v) is 11.1. The van der Waals surface area contributed by atoms with Crippen molar-refractivity contribution in [2.45, 2.75) is 70.7 Å². The number of hydrogen-bond acceptors (Lipinski definition) is 3. The molecule has 0 bridgehead atoms. The van der Waals surface area contributed by atoms with Crippen LogP contribution in [0.5, 0.6) is 0 Å². The first kappa shape index (κ1) is 16.6. The van der Waals surface area contributed by atoms with E-state index in [2.05, 4.69) is 47.6 Å². The highest BCUT2D eigenvalue weighted by Crippen LogP contribution is 2.44. The fraction of sp³-hybridized carbons (Fsp3) is 0.812. The minimum Gasteiger partial charge on any atom is -0.443 e. The molecule has 2 aliphatic rings. The second kappa shape index (κ2) is 6.13. The molecule has 0 spiro atoms. The molecule has 1 saturated heterocycles. The van der Waals surface area contributed by atoms with Crippen LogP contribution in [0.2, 0.25) is 16.6 Å². The van der Waals surface area contributed by atoms with Gasteiger partial charge in [0, 0.05) is 6.54 Å². The third-order valence-electron chi connectivity index (χ3n) is 4.99. The molecule has 4 nitrogen and oxygen atoms in total. The van der Waals surface area contributed by atoms with E-state index in [1.807, 2.05) is 0 Å². The summed E-state index contributed by atoms with van der Waals surface area (Å²) in [5.74, 6) is 0. The molecule has 1 amide bonds. The van der Waals surface area contributed by atoms with Gasteiger partial charge in [-0.3, -0.25) is 4.90 Å². The Bertz CT molecular complexity index is 409. The van der Waals surface area contributed by atoms with Crippen LogP contribution < -0.4 is 0 Å². The standard InChI is InChI=1S/C16H29NO3Si/c1-11(2)21(12(3)4,13(5)6)20-15-7-8-17-14(9-15)10-19-16(17)18/h9,11-13,15H,7-8,10H2,1-6H3/t15-/m0/s1. The summed E-state index contributed by atoms with van der Waals surface area (Å²) < 4.78 is 11.9. The zero-order chi connectivity index (χ0) is 15.8. The van der Waals surface area contributed by atoms with E-state index in [-0.39, 0.29) is 12.2 Å². The maximum Gasteiger partial charge on any atom is 0.414 e. The number of carbonyl (C=O) groups is 1. The van der Waals surface area contributed by atoms with E-state index >= 15 is 0 Å². The molecule has 0 aromatic rings. The first-order chi connectivity index (χ1) is 9.79. The van der Waals surface area contributed by atoms with E-state index in [9.17, 15) is 4.79 Å². The topological polar surface area (TPSA) is 38.8 Å². The van der Waals surface area contributed by atoms with Gasteiger partial charge in [0.05, 0.1) is 11.8 Å². The van der Waals surface area contributed by atoms with E-state index in [1.54, 1.807) is 4.90 Å². The van der Waals surface area contributed by atoms with Crippen molar-refractivity contribution in [2.75, 3.05) is 13.2 Å². The highest BCUT2D eigenvalue weighted by Gasteiger charge is 2.47. The Labute approximate surface area is 129 Å². The predicted molar refractivity (Wildman–Crippen MR) is 86.7 cm³/mol. The van der Waals surface area contributed by atoms with Gasteiger partial charge in [-0.2, -0.15) is 0 Å². The lowest BCUT2D eigenvalue weighted by atomic mass is 10.1. The average Bonchev–Trinajstić information content (AvgIpc) is 2.76. The number of cyclic esters (lactones) is 1. The molecular weight excluding hydrogens is 282 g/mol. The number of carbonyl (C=O) groups excluding carboxylic acids is 1. The summed E-state index contributed by atoms with van der Waals surface area (Å²) in [6, 6.07) is 0. The number of hydrogen-bond donors (Lipinski definition) is 0. The summed E-state index contributed by atoms with van der Waals surface area (Å²) >= 11 is 0. The molecule has 21 heavy (non-hydrogen) atoms. The summed E-state index contributed by atoms with van der Waals surface area (Å²) in [6.07, 6.45) is 2.91. The van der Waals surface area contributed by atoms with E-state index in [0.29, 0.717) is 29.8 Å². The van der Waals surface area contributed by atoms with Gasteiger partial charge in [0.1, 0.15) is 6.61 Å². The Morgan fingerprint density at radius 3 is 2.29 bits per heavy atom. The van der Waals surface area contributed by atoms with Crippen LogP contribution in [0.15, 0.2) is 11.8 Å². The van der Waals surface area contributed by atoms with E-state index in [0.717, 1.165) is 12.1 Å². The van der Waals surface area contributed by atoms with E-state index < -0.39 is 8.32 Å². The fourth-order valence-corrected chi connectivity index (χ4v) is 9.63. The van der Waals surface area contributed by atoms with Gasteiger partial charge < -0.3 is 9.16 Å². The molecule has 0 aromatic carbocycles. The Morgan fingerprint density at radius 2 is 1.76 bits per heavy atom. The highest BCUT2D eigenvalue weighted by atomic mass is 28.4. The molecule has 2 aliphatic heterocycles. The maximum absolute atomic E-state index is 11.6. The number of fused-ring (bicyclic) bond motifs is 1. The predicted octanol–water partition coefficient (Wildman–Crippen LogP) is 4.29. The van der Waals surface area contributed by atoms with Crippen molar-refractivity contribution in [3.8, 4) is 0 Å². The second-order valence-corrected chi connectivity index (χ2v) is 12.5. The normalized spacial score (nSPS) is 22.9. The molecule has 0 aliphatic carbocycles. The zero-order valence-corrected chi connectivity index (χ0v) is 15.2. The minimum absolute atomic E-state index is 0.129. The lowest BCUT2D eigenvalue weighted by Gasteiger charge is -2.45. The van der Waals surface area contributed by atoms with Gasteiger partial charge in [0.15, 0.2) is 0 Å². The van der Waals surface area contributed by atoms with Crippen LogP contribution in [-0.2, 0) is 9.16 Å². The Balaban J connectivity index is 2.20. The van der Waals surface area contributed by atoms with Crippen molar-refractivity contribution in [3.63, 3.8) is 0 Å². The molecule has 120 valence electrons. The number of rotatable bonds is 5. The SMILES string of the molecule is CC(C)[Si](O[C@@H]1C=C2COC(=O)N2CC1)(C(C)C)C(C)C. The maximum atomic E-state index is 11.6. The number of amides is 1. The molecule has 2 heterocycles. The van der Waals surface area contributed by atoms with Crippen LogP contribution >= 0.6 is 0 Å². The highest BCUT2D eigenvalue weighted by molar-refractivity contribution is 6.77. The quantitative estimate of drug-likeness (QED) is 0.711. The fourth-order valence-electron chi connectivity index (χ4n) is 4.10. The summed E-state index contributed by atoms with van der Waals surface area (Å²) in [5.41, 5.74) is 2.72. The Hall–Kier alpha value is -0.813. The Morgan fingerprint density at radius 1 is 1.19 bits per heavy atom. The van der Waals surface area contributed by atoms with Gasteiger partial charge in [-0.25, -0.2) is 4.79 Å². The first-order valence-corrected chi connectivity index (χ1v) is 10.3. The molecule has 0 N–H and O–H groups in total. The van der Waals surface area contributed by atoms with Crippen LogP contribution in [-0.4, -0.2) is 38.6 Å². The molecular formula is C16H29NO3Si. The first-order valence-electron chi connectivity index (χ1n) is 8.11. The van der Waals surface area contributed by atoms with E-state index in [4.69, 9.17) is 9.16 Å². The van der Waals surface area contributed by atoms with Gasteiger partial charge >= 0.3 is 6.09 Å². The molecule has 0 unspecified atom stereocenters. The van der Waals surface area contributed by atoms with Crippen LogP contribution in [0.1, 0.15) is 48.0 Å². The van der Waals surface area contributed by atoms with Crippen molar-refractivity contribution in [3.05, 3.63) is 11.8 Å². The van der Waals surface area contributed by atoms with Gasteiger partial charge in [0.25, 0.3) is 0 Å². The van der Waals surface area contributed by atoms with Crippen molar-refractivity contribution in [2.24, 2.45) is 0 Å². The molecule has 0 saturated carbocycles. The molecule has 5 heteroatoms. The summed E-state index contributed by atoms with van der Waals surface area (Å²) in [7, 11) is -1.86. The van der Waals surface area contributed by atoms with Gasteiger partial charge in [0.2, 0.25) is 8.32 Å². The average molecular weight is 311 g/mol. The second-order valence-electron chi connectivity index (χ2n) is 7.13. The number of ether oxygens (including phenoxy) is 1. The van der Waals surface area contributed by atoms with Crippen LogP contribution in [0.4, 0.5) is 4.79 Å². The largest absolute Gasteiger partial charge is 0.443 e. The summed E-state index contributed by atoms with van der Waals surface area (Å²) in [5, 5.41) is 0. The molecule has 1 fully saturated rings. The van der Waals surface area contributed by atoms with Crippen molar-refractivity contribution >= 4 is 14.4 Å². The third kappa shape index (κ3) is 2.90.